The van der Waals surface area contributed by atoms with E-state index in [9.17, 15) is 9.18 Å². The summed E-state index contributed by atoms with van der Waals surface area (Å²) in [5.74, 6) is 0.00413. The molecule has 0 radical (unpaired) electrons. The Morgan fingerprint density at radius 2 is 2.28 bits per heavy atom. The Morgan fingerprint density at radius 3 is 3.00 bits per heavy atom. The Bertz CT molecular complexity index is 553. The van der Waals surface area contributed by atoms with Gasteiger partial charge >= 0.3 is 0 Å². The average molecular weight is 264 g/mol. The first-order valence-electron chi connectivity index (χ1n) is 5.64. The fraction of sp³-hybridized carbons (Fsp3) is 0.231. The molecular weight excluding hydrogens is 251 g/mol. The molecule has 2 aromatic rings. The van der Waals surface area contributed by atoms with Crippen LogP contribution in [-0.4, -0.2) is 21.3 Å². The highest BCUT2D eigenvalue weighted by Crippen LogP contribution is 2.19. The summed E-state index contributed by atoms with van der Waals surface area (Å²) in [5, 5.41) is 4.05. The molecule has 0 bridgehead atoms. The van der Waals surface area contributed by atoms with Crippen LogP contribution in [0.25, 0.3) is 0 Å². The van der Waals surface area contributed by atoms with E-state index in [-0.39, 0.29) is 17.4 Å². The summed E-state index contributed by atoms with van der Waals surface area (Å²) in [6.07, 6.45) is 1.61. The van der Waals surface area contributed by atoms with Crippen molar-refractivity contribution in [1.82, 2.24) is 9.78 Å². The van der Waals surface area contributed by atoms with Gasteiger partial charge in [0.1, 0.15) is 11.5 Å². The monoisotopic (exact) mass is 264 g/mol. The zero-order valence-electron chi connectivity index (χ0n) is 9.97. The van der Waals surface area contributed by atoms with E-state index in [0.29, 0.717) is 12.2 Å². The van der Waals surface area contributed by atoms with E-state index in [1.54, 1.807) is 29.1 Å². The molecule has 0 unspecified atom stereocenters. The van der Waals surface area contributed by atoms with Gasteiger partial charge in [-0.2, -0.15) is 5.10 Å². The highest BCUT2D eigenvalue weighted by molar-refractivity contribution is 8.00. The lowest BCUT2D eigenvalue weighted by atomic mass is 10.3. The lowest BCUT2D eigenvalue weighted by molar-refractivity contribution is 0.101. The van der Waals surface area contributed by atoms with Gasteiger partial charge in [-0.15, -0.1) is 11.8 Å². The number of Topliss-reactive ketones (excluding diaryl/α,β-unsaturated/α-hetero) is 1. The van der Waals surface area contributed by atoms with Crippen LogP contribution < -0.4 is 0 Å². The van der Waals surface area contributed by atoms with Crippen molar-refractivity contribution in [2.24, 2.45) is 0 Å². The zero-order chi connectivity index (χ0) is 13.0. The van der Waals surface area contributed by atoms with Crippen molar-refractivity contribution in [3.05, 3.63) is 48.0 Å². The van der Waals surface area contributed by atoms with Gasteiger partial charge in [0, 0.05) is 17.6 Å². The second-order valence-electron chi connectivity index (χ2n) is 3.70. The Morgan fingerprint density at radius 1 is 1.44 bits per heavy atom. The highest BCUT2D eigenvalue weighted by Gasteiger charge is 2.11. The van der Waals surface area contributed by atoms with E-state index in [2.05, 4.69) is 5.10 Å². The van der Waals surface area contributed by atoms with Crippen LogP contribution in [0, 0.1) is 5.82 Å². The molecule has 0 saturated heterocycles. The van der Waals surface area contributed by atoms with Crippen molar-refractivity contribution in [2.75, 3.05) is 5.75 Å². The minimum atomic E-state index is -0.286. The molecule has 0 spiro atoms. The zero-order valence-corrected chi connectivity index (χ0v) is 10.8. The number of hydrogen-bond acceptors (Lipinski definition) is 3. The summed E-state index contributed by atoms with van der Waals surface area (Å²) < 4.78 is 14.6. The molecule has 94 valence electrons. The Kier molecular flexibility index (Phi) is 4.15. The number of ketones is 1. The molecule has 1 aromatic heterocycles. The molecule has 5 heteroatoms. The SMILES string of the molecule is CCn1nccc1C(=O)CSc1cccc(F)c1. The quantitative estimate of drug-likeness (QED) is 0.615. The normalized spacial score (nSPS) is 10.6. The Labute approximate surface area is 109 Å². The van der Waals surface area contributed by atoms with E-state index < -0.39 is 0 Å². The van der Waals surface area contributed by atoms with Gasteiger partial charge in [0.25, 0.3) is 0 Å². The molecule has 0 N–H and O–H groups in total. The van der Waals surface area contributed by atoms with E-state index in [1.807, 2.05) is 6.92 Å². The van der Waals surface area contributed by atoms with Gasteiger partial charge < -0.3 is 0 Å². The number of nitrogens with zero attached hydrogens (tertiary/aromatic N) is 2. The molecule has 1 aromatic carbocycles. The number of aryl methyl sites for hydroxylation is 1. The average Bonchev–Trinajstić information content (AvgIpc) is 2.84. The van der Waals surface area contributed by atoms with Crippen LogP contribution >= 0.6 is 11.8 Å². The van der Waals surface area contributed by atoms with Crippen molar-refractivity contribution in [3.63, 3.8) is 0 Å². The smallest absolute Gasteiger partial charge is 0.191 e. The summed E-state index contributed by atoms with van der Waals surface area (Å²) in [6.45, 7) is 2.60. The van der Waals surface area contributed by atoms with Gasteiger partial charge in [0.05, 0.1) is 5.75 Å². The molecule has 0 amide bonds. The van der Waals surface area contributed by atoms with Crippen LogP contribution in [-0.2, 0) is 6.54 Å². The van der Waals surface area contributed by atoms with E-state index in [4.69, 9.17) is 0 Å². The van der Waals surface area contributed by atoms with Crippen molar-refractivity contribution in [3.8, 4) is 0 Å². The number of thioether (sulfide) groups is 1. The third kappa shape index (κ3) is 2.98. The summed E-state index contributed by atoms with van der Waals surface area (Å²) in [5.41, 5.74) is 0.599. The van der Waals surface area contributed by atoms with Gasteiger partial charge in [-0.25, -0.2) is 4.39 Å². The second-order valence-corrected chi connectivity index (χ2v) is 4.75. The standard InChI is InChI=1S/C13H13FN2OS/c1-2-16-12(6-7-15-16)13(17)9-18-11-5-3-4-10(14)8-11/h3-8H,2,9H2,1H3. The molecule has 0 aliphatic rings. The van der Waals surface area contributed by atoms with E-state index in [0.717, 1.165) is 4.90 Å². The predicted molar refractivity (Wildman–Crippen MR) is 69.4 cm³/mol. The number of halogens is 1. The first-order chi connectivity index (χ1) is 8.70. The molecule has 0 aliphatic heterocycles. The number of hydrogen-bond donors (Lipinski definition) is 0. The third-order valence-corrected chi connectivity index (χ3v) is 3.46. The first kappa shape index (κ1) is 12.8. The largest absolute Gasteiger partial charge is 0.292 e. The summed E-state index contributed by atoms with van der Waals surface area (Å²) in [6, 6.07) is 7.95. The lowest BCUT2D eigenvalue weighted by Gasteiger charge is -2.04. The molecule has 0 atom stereocenters. The van der Waals surface area contributed by atoms with E-state index >= 15 is 0 Å². The number of carbonyl (C=O) groups excluding carboxylic acids is 1. The molecule has 0 saturated carbocycles. The Hall–Kier alpha value is -1.62. The van der Waals surface area contributed by atoms with Crippen molar-refractivity contribution >= 4 is 17.5 Å². The molecular formula is C13H13FN2OS. The van der Waals surface area contributed by atoms with Crippen molar-refractivity contribution in [1.29, 1.82) is 0 Å². The minimum absolute atomic E-state index is 0.00334. The number of rotatable bonds is 5. The molecule has 3 nitrogen and oxygen atoms in total. The third-order valence-electron chi connectivity index (χ3n) is 2.47. The van der Waals surface area contributed by atoms with E-state index in [1.165, 1.54) is 23.9 Å². The summed E-state index contributed by atoms with van der Waals surface area (Å²) in [7, 11) is 0. The summed E-state index contributed by atoms with van der Waals surface area (Å²) >= 11 is 1.33. The highest BCUT2D eigenvalue weighted by atomic mass is 32.2. The lowest BCUT2D eigenvalue weighted by Crippen LogP contribution is -2.11. The van der Waals surface area contributed by atoms with Crippen LogP contribution in [0.2, 0.25) is 0 Å². The van der Waals surface area contributed by atoms with Crippen LogP contribution in [0.5, 0.6) is 0 Å². The second kappa shape index (κ2) is 5.82. The molecule has 0 fully saturated rings. The Balaban J connectivity index is 2.00. The predicted octanol–water partition coefficient (Wildman–Crippen LogP) is 3.02. The van der Waals surface area contributed by atoms with Gasteiger partial charge in [-0.05, 0) is 31.2 Å². The first-order valence-corrected chi connectivity index (χ1v) is 6.62. The minimum Gasteiger partial charge on any atom is -0.292 e. The maximum Gasteiger partial charge on any atom is 0.191 e. The topological polar surface area (TPSA) is 34.9 Å². The van der Waals surface area contributed by atoms with Crippen LogP contribution in [0.4, 0.5) is 4.39 Å². The molecule has 0 aliphatic carbocycles. The van der Waals surface area contributed by atoms with Gasteiger partial charge in [-0.3, -0.25) is 9.48 Å². The van der Waals surface area contributed by atoms with Gasteiger partial charge in [0.15, 0.2) is 5.78 Å². The fourth-order valence-electron chi connectivity index (χ4n) is 1.60. The summed E-state index contributed by atoms with van der Waals surface area (Å²) in [4.78, 5) is 12.7. The van der Waals surface area contributed by atoms with Crippen LogP contribution in [0.15, 0.2) is 41.4 Å². The molecule has 18 heavy (non-hydrogen) atoms. The van der Waals surface area contributed by atoms with Gasteiger partial charge in [-0.1, -0.05) is 6.07 Å². The van der Waals surface area contributed by atoms with Crippen molar-refractivity contribution < 1.29 is 9.18 Å². The van der Waals surface area contributed by atoms with Crippen LogP contribution in [0.1, 0.15) is 17.4 Å². The molecule has 2 rings (SSSR count). The number of benzene rings is 1. The molecule has 1 heterocycles. The number of aromatic nitrogens is 2. The van der Waals surface area contributed by atoms with Gasteiger partial charge in [0.2, 0.25) is 0 Å². The fourth-order valence-corrected chi connectivity index (χ4v) is 2.42. The number of carbonyl (C=O) groups is 1. The van der Waals surface area contributed by atoms with Crippen LogP contribution in [0.3, 0.4) is 0 Å². The maximum atomic E-state index is 13.0. The van der Waals surface area contributed by atoms with Crippen molar-refractivity contribution in [2.45, 2.75) is 18.4 Å². The maximum absolute atomic E-state index is 13.0.